The molecule has 0 aromatic carbocycles. The maximum Gasteiger partial charge on any atom is 0.326 e. The standard InChI is InChI=1S/C12H19NO6/c14-10(7-8-3-1-2-6-19-8)13-9(12(17)18)4-5-11(15)16/h8-9H,1-7H2,(H,13,14)(H,15,16)(H,17,18). The first-order valence-electron chi connectivity index (χ1n) is 6.34. The summed E-state index contributed by atoms with van der Waals surface area (Å²) in [4.78, 5) is 33.0. The Hall–Kier alpha value is -1.63. The van der Waals surface area contributed by atoms with Gasteiger partial charge in [-0.25, -0.2) is 4.79 Å². The van der Waals surface area contributed by atoms with E-state index in [1.165, 1.54) is 0 Å². The maximum atomic E-state index is 11.7. The average Bonchev–Trinajstić information content (AvgIpc) is 2.35. The Morgan fingerprint density at radius 2 is 2.00 bits per heavy atom. The quantitative estimate of drug-likeness (QED) is 0.618. The van der Waals surface area contributed by atoms with E-state index in [2.05, 4.69) is 5.32 Å². The van der Waals surface area contributed by atoms with Gasteiger partial charge in [-0.2, -0.15) is 0 Å². The number of carboxylic acids is 2. The lowest BCUT2D eigenvalue weighted by molar-refractivity contribution is -0.143. The number of rotatable bonds is 7. The molecule has 0 spiro atoms. The molecule has 0 saturated carbocycles. The first kappa shape index (κ1) is 15.4. The molecular formula is C12H19NO6. The molecule has 3 N–H and O–H groups in total. The smallest absolute Gasteiger partial charge is 0.326 e. The second-order valence-corrected chi connectivity index (χ2v) is 4.58. The SMILES string of the molecule is O=C(O)CCC(NC(=O)CC1CCCCO1)C(=O)O. The van der Waals surface area contributed by atoms with Gasteiger partial charge in [-0.15, -0.1) is 0 Å². The Kier molecular flexibility index (Phi) is 6.27. The Balaban J connectivity index is 2.37. The molecule has 2 unspecified atom stereocenters. The molecule has 1 saturated heterocycles. The van der Waals surface area contributed by atoms with Gasteiger partial charge in [0.2, 0.25) is 5.91 Å². The third kappa shape index (κ3) is 6.19. The number of carbonyl (C=O) groups is 3. The second-order valence-electron chi connectivity index (χ2n) is 4.58. The van der Waals surface area contributed by atoms with E-state index in [0.717, 1.165) is 19.3 Å². The summed E-state index contributed by atoms with van der Waals surface area (Å²) in [5, 5.41) is 19.8. The van der Waals surface area contributed by atoms with Crippen molar-refractivity contribution in [2.45, 2.75) is 50.7 Å². The van der Waals surface area contributed by atoms with Crippen molar-refractivity contribution in [2.24, 2.45) is 0 Å². The summed E-state index contributed by atoms with van der Waals surface area (Å²) >= 11 is 0. The lowest BCUT2D eigenvalue weighted by atomic mass is 10.1. The molecule has 0 bridgehead atoms. The number of hydrogen-bond acceptors (Lipinski definition) is 4. The van der Waals surface area contributed by atoms with Gasteiger partial charge >= 0.3 is 11.9 Å². The van der Waals surface area contributed by atoms with Crippen LogP contribution in [0.5, 0.6) is 0 Å². The summed E-state index contributed by atoms with van der Waals surface area (Å²) in [5.74, 6) is -2.72. The highest BCUT2D eigenvalue weighted by Crippen LogP contribution is 2.15. The molecule has 0 aromatic rings. The fourth-order valence-electron chi connectivity index (χ4n) is 1.95. The minimum absolute atomic E-state index is 0.122. The fraction of sp³-hybridized carbons (Fsp3) is 0.750. The van der Waals surface area contributed by atoms with Gasteiger partial charge in [0.05, 0.1) is 12.5 Å². The lowest BCUT2D eigenvalue weighted by Crippen LogP contribution is -2.42. The fourth-order valence-corrected chi connectivity index (χ4v) is 1.95. The molecule has 0 aliphatic carbocycles. The molecule has 7 nitrogen and oxygen atoms in total. The third-order valence-corrected chi connectivity index (χ3v) is 2.97. The van der Waals surface area contributed by atoms with Crippen LogP contribution in [0.2, 0.25) is 0 Å². The van der Waals surface area contributed by atoms with Crippen LogP contribution < -0.4 is 5.32 Å². The van der Waals surface area contributed by atoms with Gasteiger partial charge in [0.25, 0.3) is 0 Å². The summed E-state index contributed by atoms with van der Waals surface area (Å²) in [6, 6.07) is -1.16. The van der Waals surface area contributed by atoms with E-state index in [0.29, 0.717) is 6.61 Å². The normalized spacial score (nSPS) is 20.5. The van der Waals surface area contributed by atoms with Crippen molar-refractivity contribution in [1.82, 2.24) is 5.32 Å². The van der Waals surface area contributed by atoms with Gasteiger partial charge in [0, 0.05) is 13.0 Å². The van der Waals surface area contributed by atoms with Crippen LogP contribution in [-0.2, 0) is 19.1 Å². The van der Waals surface area contributed by atoms with Crippen LogP contribution in [0.4, 0.5) is 0 Å². The molecule has 1 aliphatic heterocycles. The molecule has 1 fully saturated rings. The minimum Gasteiger partial charge on any atom is -0.481 e. The van der Waals surface area contributed by atoms with Crippen molar-refractivity contribution >= 4 is 17.8 Å². The van der Waals surface area contributed by atoms with E-state index in [1.807, 2.05) is 0 Å². The van der Waals surface area contributed by atoms with Crippen molar-refractivity contribution in [3.8, 4) is 0 Å². The van der Waals surface area contributed by atoms with E-state index >= 15 is 0 Å². The van der Waals surface area contributed by atoms with Crippen LogP contribution in [0.25, 0.3) is 0 Å². The zero-order valence-corrected chi connectivity index (χ0v) is 10.6. The number of hydrogen-bond donors (Lipinski definition) is 3. The molecule has 1 rings (SSSR count). The van der Waals surface area contributed by atoms with Gasteiger partial charge in [-0.3, -0.25) is 9.59 Å². The molecule has 1 aliphatic rings. The molecule has 1 amide bonds. The number of aliphatic carboxylic acids is 2. The zero-order valence-electron chi connectivity index (χ0n) is 10.6. The first-order chi connectivity index (χ1) is 8.99. The van der Waals surface area contributed by atoms with Crippen molar-refractivity contribution in [2.75, 3.05) is 6.61 Å². The summed E-state index contributed by atoms with van der Waals surface area (Å²) in [6.07, 6.45) is 2.31. The molecule has 7 heteroatoms. The Morgan fingerprint density at radius 3 is 2.53 bits per heavy atom. The molecule has 0 radical (unpaired) electrons. The summed E-state index contributed by atoms with van der Waals surface area (Å²) in [7, 11) is 0. The van der Waals surface area contributed by atoms with Gasteiger partial charge in [0.15, 0.2) is 0 Å². The summed E-state index contributed by atoms with van der Waals surface area (Å²) < 4.78 is 5.39. The number of carbonyl (C=O) groups excluding carboxylic acids is 1. The van der Waals surface area contributed by atoms with Crippen molar-refractivity contribution < 1.29 is 29.3 Å². The first-order valence-corrected chi connectivity index (χ1v) is 6.34. The second kappa shape index (κ2) is 7.73. The van der Waals surface area contributed by atoms with E-state index < -0.39 is 23.9 Å². The Morgan fingerprint density at radius 1 is 1.26 bits per heavy atom. The number of ether oxygens (including phenoxy) is 1. The van der Waals surface area contributed by atoms with Crippen molar-refractivity contribution in [1.29, 1.82) is 0 Å². The number of carboxylic acid groups (broad SMARTS) is 2. The van der Waals surface area contributed by atoms with Crippen LogP contribution in [0.1, 0.15) is 38.5 Å². The largest absolute Gasteiger partial charge is 0.481 e. The van der Waals surface area contributed by atoms with Crippen LogP contribution >= 0.6 is 0 Å². The average molecular weight is 273 g/mol. The molecule has 19 heavy (non-hydrogen) atoms. The van der Waals surface area contributed by atoms with Crippen LogP contribution in [0.15, 0.2) is 0 Å². The number of nitrogens with one attached hydrogen (secondary N) is 1. The minimum atomic E-state index is -1.22. The molecule has 2 atom stereocenters. The van der Waals surface area contributed by atoms with E-state index in [4.69, 9.17) is 14.9 Å². The van der Waals surface area contributed by atoms with Crippen molar-refractivity contribution in [3.63, 3.8) is 0 Å². The third-order valence-electron chi connectivity index (χ3n) is 2.97. The zero-order chi connectivity index (χ0) is 14.3. The summed E-state index contributed by atoms with van der Waals surface area (Å²) in [6.45, 7) is 0.624. The van der Waals surface area contributed by atoms with E-state index in [9.17, 15) is 14.4 Å². The van der Waals surface area contributed by atoms with Gasteiger partial charge < -0.3 is 20.3 Å². The lowest BCUT2D eigenvalue weighted by Gasteiger charge is -2.22. The Bertz CT molecular complexity index is 337. The highest BCUT2D eigenvalue weighted by Gasteiger charge is 2.23. The van der Waals surface area contributed by atoms with Gasteiger partial charge in [0.1, 0.15) is 6.04 Å². The molecule has 108 valence electrons. The van der Waals surface area contributed by atoms with Crippen LogP contribution in [0, 0.1) is 0 Å². The Labute approximate surface area is 110 Å². The van der Waals surface area contributed by atoms with Crippen molar-refractivity contribution in [3.05, 3.63) is 0 Å². The number of amides is 1. The maximum absolute atomic E-state index is 11.7. The van der Waals surface area contributed by atoms with Gasteiger partial charge in [-0.1, -0.05) is 0 Å². The molecule has 1 heterocycles. The van der Waals surface area contributed by atoms with Crippen LogP contribution in [0.3, 0.4) is 0 Å². The van der Waals surface area contributed by atoms with Gasteiger partial charge in [-0.05, 0) is 25.7 Å². The summed E-state index contributed by atoms with van der Waals surface area (Å²) in [5.41, 5.74) is 0. The topological polar surface area (TPSA) is 113 Å². The highest BCUT2D eigenvalue weighted by molar-refractivity contribution is 5.84. The molecular weight excluding hydrogens is 254 g/mol. The van der Waals surface area contributed by atoms with E-state index in [1.54, 1.807) is 0 Å². The molecule has 0 aromatic heterocycles. The van der Waals surface area contributed by atoms with Crippen LogP contribution in [-0.4, -0.2) is 46.8 Å². The predicted molar refractivity (Wildman–Crippen MR) is 64.6 cm³/mol. The predicted octanol–water partition coefficient (Wildman–Crippen LogP) is 0.380. The van der Waals surface area contributed by atoms with E-state index in [-0.39, 0.29) is 25.4 Å². The monoisotopic (exact) mass is 273 g/mol. The highest BCUT2D eigenvalue weighted by atomic mass is 16.5.